The Labute approximate surface area is 106 Å². The van der Waals surface area contributed by atoms with Gasteiger partial charge in [-0.2, -0.15) is 0 Å². The lowest BCUT2D eigenvalue weighted by molar-refractivity contribution is -0.113. The van der Waals surface area contributed by atoms with E-state index in [2.05, 4.69) is 0 Å². The SMILES string of the molecule is COc1ccc(/C=C(/C)C(C)=O)c(Cl)c1OC. The molecule has 0 aliphatic carbocycles. The van der Waals surface area contributed by atoms with Gasteiger partial charge in [0.15, 0.2) is 17.3 Å². The molecular weight excluding hydrogens is 240 g/mol. The van der Waals surface area contributed by atoms with Gasteiger partial charge in [-0.05, 0) is 43.2 Å². The Kier molecular flexibility index (Phi) is 4.58. The molecule has 0 atom stereocenters. The summed E-state index contributed by atoms with van der Waals surface area (Å²) in [4.78, 5) is 11.2. The van der Waals surface area contributed by atoms with Gasteiger partial charge < -0.3 is 9.47 Å². The molecular formula is C13H15ClO3. The molecule has 0 saturated carbocycles. The molecule has 1 aromatic rings. The van der Waals surface area contributed by atoms with Crippen molar-refractivity contribution in [3.05, 3.63) is 28.3 Å². The largest absolute Gasteiger partial charge is 0.493 e. The quantitative estimate of drug-likeness (QED) is 0.773. The highest BCUT2D eigenvalue weighted by molar-refractivity contribution is 6.34. The molecule has 0 fully saturated rings. The first-order valence-electron chi connectivity index (χ1n) is 5.11. The second kappa shape index (κ2) is 5.73. The van der Waals surface area contributed by atoms with Gasteiger partial charge in [0, 0.05) is 0 Å². The first kappa shape index (κ1) is 13.6. The van der Waals surface area contributed by atoms with Crippen LogP contribution in [-0.4, -0.2) is 20.0 Å². The van der Waals surface area contributed by atoms with Gasteiger partial charge in [-0.3, -0.25) is 4.79 Å². The van der Waals surface area contributed by atoms with E-state index in [1.54, 1.807) is 32.2 Å². The summed E-state index contributed by atoms with van der Waals surface area (Å²) in [5, 5.41) is 0.437. The van der Waals surface area contributed by atoms with E-state index < -0.39 is 0 Å². The zero-order valence-electron chi connectivity index (χ0n) is 10.3. The molecule has 0 spiro atoms. The van der Waals surface area contributed by atoms with E-state index in [4.69, 9.17) is 21.1 Å². The Morgan fingerprint density at radius 1 is 1.24 bits per heavy atom. The van der Waals surface area contributed by atoms with Gasteiger partial charge in [-0.15, -0.1) is 0 Å². The minimum atomic E-state index is 0.0100. The van der Waals surface area contributed by atoms with E-state index in [0.717, 1.165) is 5.56 Å². The topological polar surface area (TPSA) is 35.5 Å². The molecule has 0 unspecified atom stereocenters. The molecule has 1 rings (SSSR count). The maximum Gasteiger partial charge on any atom is 0.179 e. The lowest BCUT2D eigenvalue weighted by atomic mass is 10.1. The molecule has 4 heteroatoms. The Hall–Kier alpha value is -1.48. The zero-order valence-corrected chi connectivity index (χ0v) is 11.1. The van der Waals surface area contributed by atoms with Gasteiger partial charge >= 0.3 is 0 Å². The molecule has 0 radical (unpaired) electrons. The first-order valence-corrected chi connectivity index (χ1v) is 5.48. The summed E-state index contributed by atoms with van der Waals surface area (Å²) in [5.41, 5.74) is 1.37. The summed E-state index contributed by atoms with van der Waals surface area (Å²) in [6, 6.07) is 3.54. The van der Waals surface area contributed by atoms with Crippen molar-refractivity contribution in [3.8, 4) is 11.5 Å². The van der Waals surface area contributed by atoms with E-state index in [1.807, 2.05) is 0 Å². The highest BCUT2D eigenvalue weighted by Crippen LogP contribution is 2.38. The molecule has 92 valence electrons. The van der Waals surface area contributed by atoms with Crippen LogP contribution in [-0.2, 0) is 4.79 Å². The fraction of sp³-hybridized carbons (Fsp3) is 0.308. The third-order valence-corrected chi connectivity index (χ3v) is 2.83. The van der Waals surface area contributed by atoms with E-state index in [0.29, 0.717) is 22.1 Å². The highest BCUT2D eigenvalue weighted by Gasteiger charge is 2.12. The van der Waals surface area contributed by atoms with E-state index in [9.17, 15) is 4.79 Å². The Bertz CT molecular complexity index is 464. The van der Waals surface area contributed by atoms with Crippen molar-refractivity contribution in [3.63, 3.8) is 0 Å². The molecule has 0 saturated heterocycles. The number of carbonyl (C=O) groups excluding carboxylic acids is 1. The van der Waals surface area contributed by atoms with Crippen LogP contribution < -0.4 is 9.47 Å². The molecule has 0 amide bonds. The Balaban J connectivity index is 3.29. The zero-order chi connectivity index (χ0) is 13.0. The molecule has 0 aliphatic rings. The maximum atomic E-state index is 11.2. The number of rotatable bonds is 4. The number of allylic oxidation sites excluding steroid dienone is 1. The van der Waals surface area contributed by atoms with E-state index >= 15 is 0 Å². The summed E-state index contributed by atoms with van der Waals surface area (Å²) in [5.74, 6) is 1.05. The smallest absolute Gasteiger partial charge is 0.179 e. The van der Waals surface area contributed by atoms with E-state index in [1.165, 1.54) is 14.0 Å². The van der Waals surface area contributed by atoms with Crippen molar-refractivity contribution in [1.82, 2.24) is 0 Å². The number of benzene rings is 1. The van der Waals surface area contributed by atoms with Gasteiger partial charge in [0.2, 0.25) is 0 Å². The van der Waals surface area contributed by atoms with Gasteiger partial charge in [0.25, 0.3) is 0 Å². The lowest BCUT2D eigenvalue weighted by Gasteiger charge is -2.11. The van der Waals surface area contributed by atoms with Gasteiger partial charge in [0.05, 0.1) is 19.2 Å². The van der Waals surface area contributed by atoms with Gasteiger partial charge in [-0.1, -0.05) is 11.6 Å². The van der Waals surface area contributed by atoms with Crippen molar-refractivity contribution >= 4 is 23.5 Å². The molecule has 0 aromatic heterocycles. The normalized spacial score (nSPS) is 11.2. The number of carbonyl (C=O) groups is 1. The molecule has 0 aliphatic heterocycles. The number of ether oxygens (including phenoxy) is 2. The molecule has 17 heavy (non-hydrogen) atoms. The van der Waals surface area contributed by atoms with Crippen LogP contribution in [0.1, 0.15) is 19.4 Å². The average Bonchev–Trinajstić information content (AvgIpc) is 2.31. The van der Waals surface area contributed by atoms with Crippen molar-refractivity contribution < 1.29 is 14.3 Å². The summed E-state index contributed by atoms with van der Waals surface area (Å²) in [7, 11) is 3.07. The lowest BCUT2D eigenvalue weighted by Crippen LogP contribution is -1.94. The standard InChI is InChI=1S/C13H15ClO3/c1-8(9(2)15)7-10-5-6-11(16-3)13(17-4)12(10)14/h5-7H,1-4H3/b8-7-. The minimum absolute atomic E-state index is 0.0100. The fourth-order valence-corrected chi connectivity index (χ4v) is 1.64. The summed E-state index contributed by atoms with van der Waals surface area (Å²) < 4.78 is 10.3. The summed E-state index contributed by atoms with van der Waals surface area (Å²) in [6.45, 7) is 3.26. The third kappa shape index (κ3) is 3.01. The second-order valence-corrected chi connectivity index (χ2v) is 3.97. The number of halogens is 1. The molecule has 3 nitrogen and oxygen atoms in total. The van der Waals surface area contributed by atoms with Crippen LogP contribution in [0.4, 0.5) is 0 Å². The van der Waals surface area contributed by atoms with Gasteiger partial charge in [-0.25, -0.2) is 0 Å². The van der Waals surface area contributed by atoms with Crippen LogP contribution >= 0.6 is 11.6 Å². The number of hydrogen-bond acceptors (Lipinski definition) is 3. The number of ketones is 1. The molecule has 0 N–H and O–H groups in total. The van der Waals surface area contributed by atoms with Crippen molar-refractivity contribution in [2.24, 2.45) is 0 Å². The number of hydrogen-bond donors (Lipinski definition) is 0. The Morgan fingerprint density at radius 2 is 1.88 bits per heavy atom. The average molecular weight is 255 g/mol. The number of methoxy groups -OCH3 is 2. The third-order valence-electron chi connectivity index (χ3n) is 2.44. The Morgan fingerprint density at radius 3 is 2.35 bits per heavy atom. The molecule has 0 bridgehead atoms. The van der Waals surface area contributed by atoms with Crippen molar-refractivity contribution in [2.45, 2.75) is 13.8 Å². The highest BCUT2D eigenvalue weighted by atomic mass is 35.5. The van der Waals surface area contributed by atoms with Gasteiger partial charge in [0.1, 0.15) is 0 Å². The fourth-order valence-electron chi connectivity index (χ4n) is 1.35. The summed E-state index contributed by atoms with van der Waals surface area (Å²) in [6.07, 6.45) is 1.73. The van der Waals surface area contributed by atoms with Crippen LogP contribution in [0.5, 0.6) is 11.5 Å². The van der Waals surface area contributed by atoms with Crippen molar-refractivity contribution in [1.29, 1.82) is 0 Å². The van der Waals surface area contributed by atoms with Crippen molar-refractivity contribution in [2.75, 3.05) is 14.2 Å². The number of Topliss-reactive ketones (excluding diaryl/α,β-unsaturated/α-hetero) is 1. The van der Waals surface area contributed by atoms with Crippen LogP contribution in [0.3, 0.4) is 0 Å². The molecule has 0 heterocycles. The predicted molar refractivity (Wildman–Crippen MR) is 68.9 cm³/mol. The van der Waals surface area contributed by atoms with Crippen LogP contribution in [0, 0.1) is 0 Å². The van der Waals surface area contributed by atoms with E-state index in [-0.39, 0.29) is 5.78 Å². The molecule has 1 aromatic carbocycles. The maximum absolute atomic E-state index is 11.2. The van der Waals surface area contributed by atoms with Crippen LogP contribution in [0.15, 0.2) is 17.7 Å². The van der Waals surface area contributed by atoms with Crippen LogP contribution in [0.2, 0.25) is 5.02 Å². The predicted octanol–water partition coefficient (Wildman–Crippen LogP) is 3.35. The minimum Gasteiger partial charge on any atom is -0.493 e. The van der Waals surface area contributed by atoms with Crippen LogP contribution in [0.25, 0.3) is 6.08 Å². The first-order chi connectivity index (χ1) is 8.01. The second-order valence-electron chi connectivity index (χ2n) is 3.59. The summed E-state index contributed by atoms with van der Waals surface area (Å²) >= 11 is 6.18. The monoisotopic (exact) mass is 254 g/mol.